The SMILES string of the molecule is CC1(C)OB(B2OC(C)(C)C(C)(C)O2)OC1(C)C.CC1(C)OB(c2ccc(OCC(F)(F)F)c(Cl)c2)OC1(C)C.FC(F)(F)CI.FC(F)(F)COc1ccc(Br)cc1Cl.Oc1ccc(Br)cc1Cl. The quantitative estimate of drug-likeness (QED) is 0.112. The number of hydrogen-bond donors (Lipinski definition) is 1. The summed E-state index contributed by atoms with van der Waals surface area (Å²) in [4.78, 5) is 0. The number of halogens is 15. The predicted octanol–water partition coefficient (Wildman–Crippen LogP) is 14.7. The van der Waals surface area contributed by atoms with Crippen LogP contribution >= 0.6 is 89.3 Å². The number of rotatable bonds is 6. The molecular formula is C42H52B3Br2Cl3F9IO9. The van der Waals surface area contributed by atoms with Gasteiger partial charge in [0.25, 0.3) is 0 Å². The van der Waals surface area contributed by atoms with Gasteiger partial charge in [-0.2, -0.15) is 39.5 Å². The van der Waals surface area contributed by atoms with Gasteiger partial charge >= 0.3 is 39.7 Å². The number of phenolic OH excluding ortho intramolecular Hbond substituents is 1. The van der Waals surface area contributed by atoms with Crippen LogP contribution in [0.5, 0.6) is 17.2 Å². The highest BCUT2D eigenvalue weighted by Crippen LogP contribution is 2.43. The van der Waals surface area contributed by atoms with Crippen LogP contribution in [0.15, 0.2) is 63.5 Å². The van der Waals surface area contributed by atoms with Gasteiger partial charge in [-0.3, -0.25) is 0 Å². The fourth-order valence-corrected chi connectivity index (χ4v) is 6.80. The van der Waals surface area contributed by atoms with E-state index in [2.05, 4.69) is 41.3 Å². The van der Waals surface area contributed by atoms with Crippen molar-refractivity contribution in [2.75, 3.05) is 17.6 Å². The van der Waals surface area contributed by atoms with E-state index >= 15 is 0 Å². The van der Waals surface area contributed by atoms with Gasteiger partial charge in [0.1, 0.15) is 17.2 Å². The van der Waals surface area contributed by atoms with E-state index in [0.717, 1.165) is 4.47 Å². The van der Waals surface area contributed by atoms with Crippen molar-refractivity contribution in [1.82, 2.24) is 0 Å². The second-order valence-electron chi connectivity index (χ2n) is 18.3. The minimum absolute atomic E-state index is 0.0205. The Morgan fingerprint density at radius 3 is 1.10 bits per heavy atom. The van der Waals surface area contributed by atoms with Crippen LogP contribution in [0, 0.1) is 0 Å². The maximum Gasteiger partial charge on any atom is 0.494 e. The van der Waals surface area contributed by atoms with Crippen molar-refractivity contribution in [3.05, 3.63) is 78.6 Å². The molecule has 0 saturated carbocycles. The molecule has 0 amide bonds. The van der Waals surface area contributed by atoms with Gasteiger partial charge in [-0.15, -0.1) is 0 Å². The lowest BCUT2D eigenvalue weighted by atomic mass is 9.49. The van der Waals surface area contributed by atoms with Gasteiger partial charge in [-0.25, -0.2) is 0 Å². The number of aromatic hydroxyl groups is 1. The van der Waals surface area contributed by atoms with Crippen LogP contribution in [0.3, 0.4) is 0 Å². The van der Waals surface area contributed by atoms with Crippen LogP contribution in [0.4, 0.5) is 39.5 Å². The van der Waals surface area contributed by atoms with E-state index < -0.39 is 68.5 Å². The summed E-state index contributed by atoms with van der Waals surface area (Å²) >= 11 is 24.7. The van der Waals surface area contributed by atoms with Crippen molar-refractivity contribution < 1.29 is 82.0 Å². The number of phenols is 1. The molecule has 3 aliphatic heterocycles. The standard InChI is InChI=1S/C14H17BClF3O3.C12H24B2O4.C8H5BrClF3O.C6H4BrClO.C2H2F3I/c1-12(2)13(3,4)22-15(21-12)9-5-6-11(10(16)7-9)20-8-14(17,18)19;1-9(2)10(3,4)16-13(15-9)14-17-11(5,6)12(7,8)18-14;9-5-1-2-7(6(10)3-5)14-4-8(11,12)13;7-4-1-2-6(9)5(8)3-4;3-2(4,5)1-6/h5-7H,8H2,1-4H3;1-8H3;1-3H,4H2;1-3,9H;1H2. The lowest BCUT2D eigenvalue weighted by molar-refractivity contribution is -0.154. The third kappa shape index (κ3) is 20.3. The molecule has 6 rings (SSSR count). The Bertz CT molecular complexity index is 2080. The fourth-order valence-electron chi connectivity index (χ4n) is 5.15. The van der Waals surface area contributed by atoms with Gasteiger partial charge in [-0.1, -0.05) is 95.3 Å². The normalized spacial score (nSPS) is 19.4. The van der Waals surface area contributed by atoms with Gasteiger partial charge in [0, 0.05) is 8.95 Å². The zero-order valence-electron chi connectivity index (χ0n) is 39.4. The predicted molar refractivity (Wildman–Crippen MR) is 267 cm³/mol. The topological polar surface area (TPSA) is 94.1 Å². The molecule has 0 aliphatic carbocycles. The molecule has 0 atom stereocenters. The molecule has 3 fully saturated rings. The lowest BCUT2D eigenvalue weighted by Gasteiger charge is -2.32. The summed E-state index contributed by atoms with van der Waals surface area (Å²) in [6, 6.07) is 13.7. The zero-order valence-corrected chi connectivity index (χ0v) is 47.0. The first-order valence-electron chi connectivity index (χ1n) is 20.4. The third-order valence-electron chi connectivity index (χ3n) is 11.0. The second-order valence-corrected chi connectivity index (χ2v) is 22.1. The fraction of sp³-hybridized carbons (Fsp3) is 0.571. The van der Waals surface area contributed by atoms with Gasteiger partial charge in [0.05, 0.1) is 53.1 Å². The summed E-state index contributed by atoms with van der Waals surface area (Å²) in [5.41, 5.74) is -1.82. The highest BCUT2D eigenvalue weighted by molar-refractivity contribution is 14.1. The molecule has 9 nitrogen and oxygen atoms in total. The molecule has 0 unspecified atom stereocenters. The average molecular weight is 1300 g/mol. The minimum atomic E-state index is -4.41. The molecule has 3 aliphatic rings. The van der Waals surface area contributed by atoms with Crippen LogP contribution in [0.1, 0.15) is 83.1 Å². The Labute approximate surface area is 443 Å². The molecule has 3 aromatic carbocycles. The van der Waals surface area contributed by atoms with Gasteiger partial charge < -0.3 is 42.5 Å². The van der Waals surface area contributed by atoms with Gasteiger partial charge in [-0.05, 0) is 137 Å². The molecule has 3 heterocycles. The van der Waals surface area contributed by atoms with Crippen molar-refractivity contribution >= 4 is 116 Å². The van der Waals surface area contributed by atoms with Crippen molar-refractivity contribution in [3.8, 4) is 17.2 Å². The Kier molecular flexibility index (Phi) is 22.8. The van der Waals surface area contributed by atoms with Crippen molar-refractivity contribution in [1.29, 1.82) is 0 Å². The van der Waals surface area contributed by atoms with Crippen LogP contribution in [-0.2, 0) is 27.9 Å². The molecule has 3 aromatic rings. The van der Waals surface area contributed by atoms with Gasteiger partial charge in [0.15, 0.2) is 13.2 Å². The smallest absolute Gasteiger partial charge is 0.494 e. The van der Waals surface area contributed by atoms with E-state index in [-0.39, 0.29) is 49.7 Å². The van der Waals surface area contributed by atoms with E-state index in [1.807, 2.05) is 83.1 Å². The summed E-state index contributed by atoms with van der Waals surface area (Å²) in [6.07, 6.45) is -12.7. The Hall–Kier alpha value is -1.06. The van der Waals surface area contributed by atoms with E-state index in [1.54, 1.807) is 24.3 Å². The van der Waals surface area contributed by atoms with Gasteiger partial charge in [0.2, 0.25) is 0 Å². The first-order chi connectivity index (χ1) is 30.9. The van der Waals surface area contributed by atoms with E-state index in [0.29, 0.717) is 15.0 Å². The molecule has 0 aromatic heterocycles. The molecule has 0 radical (unpaired) electrons. The molecule has 388 valence electrons. The van der Waals surface area contributed by atoms with E-state index in [1.165, 1.54) is 52.9 Å². The molecule has 0 bridgehead atoms. The number of ether oxygens (including phenoxy) is 2. The van der Waals surface area contributed by atoms with E-state index in [4.69, 9.17) is 67.8 Å². The summed E-state index contributed by atoms with van der Waals surface area (Å²) in [5.74, 6) is 0.103. The van der Waals surface area contributed by atoms with Crippen molar-refractivity contribution in [2.24, 2.45) is 0 Å². The van der Waals surface area contributed by atoms with Crippen LogP contribution < -0.4 is 14.9 Å². The third-order valence-corrected chi connectivity index (χ3v) is 13.7. The molecule has 69 heavy (non-hydrogen) atoms. The lowest BCUT2D eigenvalue weighted by Crippen LogP contribution is -2.41. The summed E-state index contributed by atoms with van der Waals surface area (Å²) in [5, 5.41) is 9.48. The van der Waals surface area contributed by atoms with Crippen LogP contribution in [0.2, 0.25) is 15.1 Å². The monoisotopic (exact) mass is 1290 g/mol. The summed E-state index contributed by atoms with van der Waals surface area (Å²) in [7, 11) is -1.58. The van der Waals surface area contributed by atoms with Crippen molar-refractivity contribution in [2.45, 2.75) is 135 Å². The number of alkyl halides is 10. The Morgan fingerprint density at radius 1 is 0.507 bits per heavy atom. The molecular weight excluding hydrogens is 1240 g/mol. The summed E-state index contributed by atoms with van der Waals surface area (Å²) in [6.45, 7) is 21.1. The zero-order chi connectivity index (χ0) is 53.6. The van der Waals surface area contributed by atoms with Crippen molar-refractivity contribution in [3.63, 3.8) is 0 Å². The maximum absolute atomic E-state index is 12.2. The maximum atomic E-state index is 12.2. The van der Waals surface area contributed by atoms with Crippen LogP contribution in [-0.4, -0.2) is 96.0 Å². The van der Waals surface area contributed by atoms with E-state index in [9.17, 15) is 39.5 Å². The average Bonchev–Trinajstić information content (AvgIpc) is 3.64. The number of benzene rings is 3. The minimum Gasteiger partial charge on any atom is -0.506 e. The Morgan fingerprint density at radius 2 is 0.812 bits per heavy atom. The molecule has 3 saturated heterocycles. The first kappa shape index (κ1) is 64.1. The van der Waals surface area contributed by atoms with Crippen LogP contribution in [0.25, 0.3) is 0 Å². The second kappa shape index (κ2) is 24.5. The largest absolute Gasteiger partial charge is 0.506 e. The molecule has 0 spiro atoms. The highest BCUT2D eigenvalue weighted by atomic mass is 127. The highest BCUT2D eigenvalue weighted by Gasteiger charge is 2.63. The first-order valence-corrected chi connectivity index (χ1v) is 24.7. The Balaban J connectivity index is 0.000000314. The molecule has 27 heteroatoms. The summed E-state index contributed by atoms with van der Waals surface area (Å²) < 4.78 is 150. The number of hydrogen-bond acceptors (Lipinski definition) is 9. The molecule has 1 N–H and O–H groups in total.